The second kappa shape index (κ2) is 5.72. The highest BCUT2D eigenvalue weighted by molar-refractivity contribution is 5.94. The number of rotatable bonds is 4. The van der Waals surface area contributed by atoms with E-state index >= 15 is 0 Å². The average molecular weight is 300 g/mol. The number of nitrogens with one attached hydrogen (secondary N) is 1. The largest absolute Gasteiger partial charge is 0.388 e. The average Bonchev–Trinajstić information content (AvgIpc) is 2.85. The molecule has 0 unspecified atom stereocenters. The number of hydrogen-bond acceptors (Lipinski definition) is 4. The Labute approximate surface area is 118 Å². The minimum Gasteiger partial charge on any atom is -0.388 e. The zero-order valence-corrected chi connectivity index (χ0v) is 11.1. The summed E-state index contributed by atoms with van der Waals surface area (Å²) >= 11 is 0. The molecule has 0 aliphatic heterocycles. The minimum atomic E-state index is -1.29. The third kappa shape index (κ3) is 3.33. The molecule has 1 aliphatic carbocycles. The summed E-state index contributed by atoms with van der Waals surface area (Å²) in [5, 5.41) is 22.9. The van der Waals surface area contributed by atoms with Crippen molar-refractivity contribution in [2.75, 3.05) is 6.54 Å². The Bertz CT molecular complexity index is 586. The number of nitrogens with zero attached hydrogens (tertiary/aromatic N) is 1. The fraction of sp³-hybridized carbons (Fsp3) is 0.462. The lowest BCUT2D eigenvalue weighted by Crippen LogP contribution is -2.41. The van der Waals surface area contributed by atoms with Crippen LogP contribution in [0.15, 0.2) is 12.1 Å². The summed E-state index contributed by atoms with van der Waals surface area (Å²) in [7, 11) is 0. The van der Waals surface area contributed by atoms with E-state index in [1.165, 1.54) is 0 Å². The molecule has 0 radical (unpaired) electrons. The third-order valence-electron chi connectivity index (χ3n) is 3.59. The van der Waals surface area contributed by atoms with Crippen LogP contribution in [0.2, 0.25) is 0 Å². The Morgan fingerprint density at radius 3 is 2.52 bits per heavy atom. The van der Waals surface area contributed by atoms with Gasteiger partial charge in [-0.15, -0.1) is 0 Å². The summed E-state index contributed by atoms with van der Waals surface area (Å²) in [6, 6.07) is 0.857. The van der Waals surface area contributed by atoms with Crippen LogP contribution in [0.25, 0.3) is 0 Å². The molecule has 0 aromatic heterocycles. The van der Waals surface area contributed by atoms with Crippen molar-refractivity contribution < 1.29 is 23.6 Å². The molecule has 1 saturated carbocycles. The van der Waals surface area contributed by atoms with Gasteiger partial charge in [0.25, 0.3) is 5.91 Å². The molecule has 1 aromatic carbocycles. The van der Waals surface area contributed by atoms with Crippen molar-refractivity contribution in [3.8, 4) is 0 Å². The van der Waals surface area contributed by atoms with Gasteiger partial charge in [0.05, 0.1) is 22.2 Å². The highest BCUT2D eigenvalue weighted by atomic mass is 19.1. The van der Waals surface area contributed by atoms with Gasteiger partial charge in [-0.2, -0.15) is 4.39 Å². The van der Waals surface area contributed by atoms with Gasteiger partial charge < -0.3 is 10.4 Å². The number of hydrogen-bond donors (Lipinski definition) is 2. The van der Waals surface area contributed by atoms with E-state index in [9.17, 15) is 28.8 Å². The molecule has 6 nitrogen and oxygen atoms in total. The van der Waals surface area contributed by atoms with E-state index in [1.807, 2.05) is 0 Å². The van der Waals surface area contributed by atoms with Crippen LogP contribution in [-0.2, 0) is 0 Å². The highest BCUT2D eigenvalue weighted by Crippen LogP contribution is 2.28. The molecule has 1 fully saturated rings. The first-order chi connectivity index (χ1) is 9.82. The summed E-state index contributed by atoms with van der Waals surface area (Å²) < 4.78 is 27.1. The number of halogens is 2. The molecule has 2 rings (SSSR count). The second-order valence-corrected chi connectivity index (χ2v) is 5.15. The Balaban J connectivity index is 2.12. The first-order valence-electron chi connectivity index (χ1n) is 6.46. The minimum absolute atomic E-state index is 0.0656. The van der Waals surface area contributed by atoms with Crippen LogP contribution in [0.1, 0.15) is 36.0 Å². The van der Waals surface area contributed by atoms with Gasteiger partial charge in [0.1, 0.15) is 5.82 Å². The van der Waals surface area contributed by atoms with E-state index in [1.54, 1.807) is 0 Å². The van der Waals surface area contributed by atoms with Crippen LogP contribution in [0, 0.1) is 21.7 Å². The number of carbonyl (C=O) groups is 1. The lowest BCUT2D eigenvalue weighted by atomic mass is 10.0. The molecule has 0 heterocycles. The standard InChI is InChI=1S/C13H14F2N2O4/c14-9-6-11(17(20)21)10(15)5-8(9)12(18)16-7-13(19)3-1-2-4-13/h5-6,19H,1-4,7H2,(H,16,18). The van der Waals surface area contributed by atoms with Crippen molar-refractivity contribution in [2.24, 2.45) is 0 Å². The van der Waals surface area contributed by atoms with Crippen LogP contribution in [0.5, 0.6) is 0 Å². The third-order valence-corrected chi connectivity index (χ3v) is 3.59. The highest BCUT2D eigenvalue weighted by Gasteiger charge is 2.32. The van der Waals surface area contributed by atoms with Gasteiger partial charge >= 0.3 is 5.69 Å². The van der Waals surface area contributed by atoms with Crippen molar-refractivity contribution in [1.82, 2.24) is 5.32 Å². The smallest absolute Gasteiger partial charge is 0.307 e. The quantitative estimate of drug-likeness (QED) is 0.656. The van der Waals surface area contributed by atoms with Crippen molar-refractivity contribution in [2.45, 2.75) is 31.3 Å². The van der Waals surface area contributed by atoms with Crippen molar-refractivity contribution in [3.63, 3.8) is 0 Å². The van der Waals surface area contributed by atoms with Crippen LogP contribution >= 0.6 is 0 Å². The zero-order valence-electron chi connectivity index (χ0n) is 11.1. The molecule has 0 atom stereocenters. The van der Waals surface area contributed by atoms with Crippen LogP contribution in [0.4, 0.5) is 14.5 Å². The predicted molar refractivity (Wildman–Crippen MR) is 68.8 cm³/mol. The van der Waals surface area contributed by atoms with E-state index in [2.05, 4.69) is 5.32 Å². The monoisotopic (exact) mass is 300 g/mol. The summed E-state index contributed by atoms with van der Waals surface area (Å²) in [5.41, 5.74) is -2.68. The SMILES string of the molecule is O=C(NCC1(O)CCCC1)c1cc(F)c([N+](=O)[O-])cc1F. The number of carbonyl (C=O) groups excluding carboxylic acids is 1. The first kappa shape index (κ1) is 15.3. The van der Waals surface area contributed by atoms with Gasteiger partial charge in [-0.05, 0) is 18.9 Å². The number of benzene rings is 1. The molecule has 8 heteroatoms. The van der Waals surface area contributed by atoms with Gasteiger partial charge in [0.15, 0.2) is 0 Å². The number of aliphatic hydroxyl groups is 1. The topological polar surface area (TPSA) is 92.5 Å². The number of nitro benzene ring substituents is 1. The van der Waals surface area contributed by atoms with Gasteiger partial charge in [0, 0.05) is 6.54 Å². The summed E-state index contributed by atoms with van der Waals surface area (Å²) in [5.74, 6) is -3.38. The summed E-state index contributed by atoms with van der Waals surface area (Å²) in [6.45, 7) is -0.0656. The fourth-order valence-corrected chi connectivity index (χ4v) is 2.40. The maximum atomic E-state index is 13.6. The zero-order chi connectivity index (χ0) is 15.6. The van der Waals surface area contributed by atoms with Crippen LogP contribution in [-0.4, -0.2) is 28.1 Å². The molecule has 0 bridgehead atoms. The lowest BCUT2D eigenvalue weighted by molar-refractivity contribution is -0.387. The maximum absolute atomic E-state index is 13.6. The molecule has 1 amide bonds. The summed E-state index contributed by atoms with van der Waals surface area (Å²) in [6.07, 6.45) is 2.74. The predicted octanol–water partition coefficient (Wildman–Crippen LogP) is 1.91. The normalized spacial score (nSPS) is 16.7. The van der Waals surface area contributed by atoms with Crippen molar-refractivity contribution >= 4 is 11.6 Å². The van der Waals surface area contributed by atoms with Crippen LogP contribution < -0.4 is 5.32 Å². The number of nitro groups is 1. The molecule has 1 aromatic rings. The Morgan fingerprint density at radius 2 is 1.95 bits per heavy atom. The second-order valence-electron chi connectivity index (χ2n) is 5.15. The Hall–Kier alpha value is -2.09. The van der Waals surface area contributed by atoms with E-state index in [0.717, 1.165) is 12.8 Å². The van der Waals surface area contributed by atoms with Crippen molar-refractivity contribution in [3.05, 3.63) is 39.4 Å². The maximum Gasteiger partial charge on any atom is 0.307 e. The van der Waals surface area contributed by atoms with Gasteiger partial charge in [-0.1, -0.05) is 12.8 Å². The first-order valence-corrected chi connectivity index (χ1v) is 6.46. The van der Waals surface area contributed by atoms with E-state index in [4.69, 9.17) is 0 Å². The molecule has 21 heavy (non-hydrogen) atoms. The lowest BCUT2D eigenvalue weighted by Gasteiger charge is -2.22. The van der Waals surface area contributed by atoms with Gasteiger partial charge in [-0.25, -0.2) is 4.39 Å². The molecule has 0 spiro atoms. The summed E-state index contributed by atoms with van der Waals surface area (Å²) in [4.78, 5) is 21.2. The molecule has 0 saturated heterocycles. The van der Waals surface area contributed by atoms with Gasteiger partial charge in [-0.3, -0.25) is 14.9 Å². The molecule has 1 aliphatic rings. The molecular weight excluding hydrogens is 286 g/mol. The Kier molecular flexibility index (Phi) is 4.17. The molecule has 2 N–H and O–H groups in total. The Morgan fingerprint density at radius 1 is 1.33 bits per heavy atom. The van der Waals surface area contributed by atoms with Crippen LogP contribution in [0.3, 0.4) is 0 Å². The number of amides is 1. The van der Waals surface area contributed by atoms with Crippen molar-refractivity contribution in [1.29, 1.82) is 0 Å². The van der Waals surface area contributed by atoms with E-state index in [-0.39, 0.29) is 6.54 Å². The van der Waals surface area contributed by atoms with Gasteiger partial charge in [0.2, 0.25) is 5.82 Å². The fourth-order valence-electron chi connectivity index (χ4n) is 2.40. The van der Waals surface area contributed by atoms with E-state index in [0.29, 0.717) is 25.0 Å². The van der Waals surface area contributed by atoms with E-state index < -0.39 is 39.3 Å². The molecular formula is C13H14F2N2O4. The molecule has 114 valence electrons.